The van der Waals surface area contributed by atoms with E-state index in [1.54, 1.807) is 0 Å². The second-order valence-corrected chi connectivity index (χ2v) is 4.74. The van der Waals surface area contributed by atoms with Gasteiger partial charge in [-0.15, -0.1) is 0 Å². The van der Waals surface area contributed by atoms with E-state index in [4.69, 9.17) is 9.47 Å². The van der Waals surface area contributed by atoms with E-state index in [9.17, 15) is 0 Å². The van der Waals surface area contributed by atoms with Crippen molar-refractivity contribution in [3.63, 3.8) is 0 Å². The zero-order chi connectivity index (χ0) is 10.9. The second kappa shape index (κ2) is 8.08. The van der Waals surface area contributed by atoms with Crippen molar-refractivity contribution in [1.29, 1.82) is 0 Å². The average molecular weight is 215 g/mol. The van der Waals surface area contributed by atoms with Crippen molar-refractivity contribution in [1.82, 2.24) is 5.32 Å². The Balaban J connectivity index is 1.76. The Labute approximate surface area is 93.5 Å². The summed E-state index contributed by atoms with van der Waals surface area (Å²) < 4.78 is 10.9. The topological polar surface area (TPSA) is 30.5 Å². The molecule has 3 nitrogen and oxygen atoms in total. The van der Waals surface area contributed by atoms with Gasteiger partial charge in [-0.25, -0.2) is 0 Å². The highest BCUT2D eigenvalue weighted by atomic mass is 16.5. The minimum atomic E-state index is 0.640. The lowest BCUT2D eigenvalue weighted by atomic mass is 10.1. The Morgan fingerprint density at radius 2 is 2.27 bits per heavy atom. The molecule has 1 aliphatic heterocycles. The monoisotopic (exact) mass is 215 g/mol. The highest BCUT2D eigenvalue weighted by Gasteiger charge is 2.14. The molecule has 90 valence electrons. The summed E-state index contributed by atoms with van der Waals surface area (Å²) in [5.41, 5.74) is 0. The number of nitrogens with one attached hydrogen (secondary N) is 1. The maximum Gasteiger partial charge on any atom is 0.0591 e. The lowest BCUT2D eigenvalue weighted by molar-refractivity contribution is 0.0913. The molecule has 1 heterocycles. The van der Waals surface area contributed by atoms with Crippen molar-refractivity contribution in [3.8, 4) is 0 Å². The van der Waals surface area contributed by atoms with E-state index in [0.717, 1.165) is 45.4 Å². The van der Waals surface area contributed by atoms with Crippen LogP contribution in [0.15, 0.2) is 0 Å². The van der Waals surface area contributed by atoms with Gasteiger partial charge in [0, 0.05) is 19.1 Å². The minimum absolute atomic E-state index is 0.640. The van der Waals surface area contributed by atoms with Crippen molar-refractivity contribution in [2.75, 3.05) is 39.5 Å². The van der Waals surface area contributed by atoms with Gasteiger partial charge in [0.05, 0.1) is 19.8 Å². The molecular formula is C12H25NO2. The summed E-state index contributed by atoms with van der Waals surface area (Å²) in [6.07, 6.45) is 2.41. The molecule has 1 fully saturated rings. The molecule has 0 bridgehead atoms. The van der Waals surface area contributed by atoms with Crippen molar-refractivity contribution in [2.24, 2.45) is 11.8 Å². The summed E-state index contributed by atoms with van der Waals surface area (Å²) in [5, 5.41) is 3.39. The van der Waals surface area contributed by atoms with Crippen molar-refractivity contribution < 1.29 is 9.47 Å². The molecule has 1 N–H and O–H groups in total. The number of ether oxygens (including phenoxy) is 2. The Morgan fingerprint density at radius 1 is 1.40 bits per heavy atom. The van der Waals surface area contributed by atoms with Gasteiger partial charge in [-0.2, -0.15) is 0 Å². The molecular weight excluding hydrogens is 190 g/mol. The average Bonchev–Trinajstić information content (AvgIpc) is 2.68. The summed E-state index contributed by atoms with van der Waals surface area (Å²) >= 11 is 0. The molecule has 1 unspecified atom stereocenters. The Bertz CT molecular complexity index is 145. The van der Waals surface area contributed by atoms with E-state index >= 15 is 0 Å². The van der Waals surface area contributed by atoms with Crippen LogP contribution in [-0.2, 0) is 9.47 Å². The summed E-state index contributed by atoms with van der Waals surface area (Å²) in [6, 6.07) is 0. The molecule has 0 aromatic rings. The molecule has 0 aliphatic carbocycles. The number of hydrogen-bond donors (Lipinski definition) is 1. The SMILES string of the molecule is CC(C)CCNCCOCC1CCOC1. The molecule has 0 spiro atoms. The summed E-state index contributed by atoms with van der Waals surface area (Å²) in [6.45, 7) is 10.1. The van der Waals surface area contributed by atoms with Gasteiger partial charge in [-0.3, -0.25) is 0 Å². The van der Waals surface area contributed by atoms with E-state index in [0.29, 0.717) is 5.92 Å². The predicted molar refractivity (Wildman–Crippen MR) is 62.1 cm³/mol. The van der Waals surface area contributed by atoms with Crippen LogP contribution in [-0.4, -0.2) is 39.5 Å². The fourth-order valence-electron chi connectivity index (χ4n) is 1.62. The van der Waals surface area contributed by atoms with Crippen LogP contribution in [0.4, 0.5) is 0 Å². The first-order chi connectivity index (χ1) is 7.29. The van der Waals surface area contributed by atoms with Gasteiger partial charge in [-0.1, -0.05) is 13.8 Å². The van der Waals surface area contributed by atoms with Gasteiger partial charge in [0.1, 0.15) is 0 Å². The molecule has 0 saturated carbocycles. The third-order valence-corrected chi connectivity index (χ3v) is 2.70. The summed E-state index contributed by atoms with van der Waals surface area (Å²) in [5.74, 6) is 1.43. The second-order valence-electron chi connectivity index (χ2n) is 4.74. The summed E-state index contributed by atoms with van der Waals surface area (Å²) in [7, 11) is 0. The zero-order valence-electron chi connectivity index (χ0n) is 10.1. The first-order valence-electron chi connectivity index (χ1n) is 6.15. The highest BCUT2D eigenvalue weighted by molar-refractivity contribution is 4.62. The predicted octanol–water partition coefficient (Wildman–Crippen LogP) is 1.68. The van der Waals surface area contributed by atoms with Gasteiger partial charge < -0.3 is 14.8 Å². The normalized spacial score (nSPS) is 21.4. The molecule has 1 aliphatic rings. The molecule has 1 saturated heterocycles. The maximum atomic E-state index is 5.58. The lowest BCUT2D eigenvalue weighted by Gasteiger charge is -2.10. The van der Waals surface area contributed by atoms with E-state index in [1.165, 1.54) is 12.8 Å². The molecule has 0 amide bonds. The Hall–Kier alpha value is -0.120. The standard InChI is InChI=1S/C12H25NO2/c1-11(2)3-5-13-6-8-15-10-12-4-7-14-9-12/h11-13H,3-10H2,1-2H3. The molecule has 1 atom stereocenters. The van der Waals surface area contributed by atoms with Crippen molar-refractivity contribution in [2.45, 2.75) is 26.7 Å². The zero-order valence-corrected chi connectivity index (χ0v) is 10.1. The van der Waals surface area contributed by atoms with Crippen LogP contribution in [0.3, 0.4) is 0 Å². The van der Waals surface area contributed by atoms with Crippen molar-refractivity contribution in [3.05, 3.63) is 0 Å². The number of rotatable bonds is 8. The van der Waals surface area contributed by atoms with Crippen LogP contribution in [0.5, 0.6) is 0 Å². The molecule has 0 radical (unpaired) electrons. The van der Waals surface area contributed by atoms with Crippen LogP contribution in [0.2, 0.25) is 0 Å². The largest absolute Gasteiger partial charge is 0.381 e. The Kier molecular flexibility index (Phi) is 6.98. The highest BCUT2D eigenvalue weighted by Crippen LogP contribution is 2.11. The van der Waals surface area contributed by atoms with Crippen LogP contribution < -0.4 is 5.32 Å². The van der Waals surface area contributed by atoms with Gasteiger partial charge in [-0.05, 0) is 25.3 Å². The summed E-state index contributed by atoms with van der Waals surface area (Å²) in [4.78, 5) is 0. The Morgan fingerprint density at radius 3 is 2.93 bits per heavy atom. The van der Waals surface area contributed by atoms with Crippen LogP contribution in [0.1, 0.15) is 26.7 Å². The molecule has 1 rings (SSSR count). The van der Waals surface area contributed by atoms with E-state index < -0.39 is 0 Å². The van der Waals surface area contributed by atoms with Crippen LogP contribution in [0, 0.1) is 11.8 Å². The third-order valence-electron chi connectivity index (χ3n) is 2.70. The molecule has 3 heteroatoms. The number of hydrogen-bond acceptors (Lipinski definition) is 3. The van der Waals surface area contributed by atoms with Gasteiger partial charge >= 0.3 is 0 Å². The van der Waals surface area contributed by atoms with E-state index in [2.05, 4.69) is 19.2 Å². The fraction of sp³-hybridized carbons (Fsp3) is 1.00. The van der Waals surface area contributed by atoms with Crippen molar-refractivity contribution >= 4 is 0 Å². The minimum Gasteiger partial charge on any atom is -0.381 e. The van der Waals surface area contributed by atoms with Gasteiger partial charge in [0.15, 0.2) is 0 Å². The first-order valence-corrected chi connectivity index (χ1v) is 6.15. The van der Waals surface area contributed by atoms with Crippen LogP contribution in [0.25, 0.3) is 0 Å². The molecule has 0 aromatic heterocycles. The molecule has 0 aromatic carbocycles. The third kappa shape index (κ3) is 6.88. The quantitative estimate of drug-likeness (QED) is 0.625. The van der Waals surface area contributed by atoms with Gasteiger partial charge in [0.25, 0.3) is 0 Å². The van der Waals surface area contributed by atoms with E-state index in [1.807, 2.05) is 0 Å². The fourth-order valence-corrected chi connectivity index (χ4v) is 1.62. The van der Waals surface area contributed by atoms with Crippen LogP contribution >= 0.6 is 0 Å². The molecule has 15 heavy (non-hydrogen) atoms. The van der Waals surface area contributed by atoms with Gasteiger partial charge in [0.2, 0.25) is 0 Å². The first kappa shape index (κ1) is 12.9. The van der Waals surface area contributed by atoms with E-state index in [-0.39, 0.29) is 0 Å². The smallest absolute Gasteiger partial charge is 0.0591 e. The maximum absolute atomic E-state index is 5.58. The lowest BCUT2D eigenvalue weighted by Crippen LogP contribution is -2.23.